The number of hydrogen-bond donors (Lipinski definition) is 1. The summed E-state index contributed by atoms with van der Waals surface area (Å²) in [5, 5.41) is 3.47. The largest absolute Gasteiger partial charge is 0.436 e. The van der Waals surface area contributed by atoms with Crippen LogP contribution >= 0.6 is 0 Å². The first kappa shape index (κ1) is 12.5. The molecule has 3 heteroatoms. The first-order valence-electron chi connectivity index (χ1n) is 7.70. The van der Waals surface area contributed by atoms with Crippen LogP contribution in [0.4, 0.5) is 5.69 Å². The number of nitrogens with zero attached hydrogens (tertiary/aromatic N) is 1. The minimum absolute atomic E-state index is 0.543. The molecule has 2 aliphatic carbocycles. The van der Waals surface area contributed by atoms with Gasteiger partial charge in [0.15, 0.2) is 5.58 Å². The van der Waals surface area contributed by atoms with Crippen molar-refractivity contribution in [2.45, 2.75) is 0 Å². The summed E-state index contributed by atoms with van der Waals surface area (Å²) in [5.74, 6) is 1.20. The summed E-state index contributed by atoms with van der Waals surface area (Å²) < 4.78 is 5.81. The van der Waals surface area contributed by atoms with E-state index in [2.05, 4.69) is 46.7 Å². The molecule has 0 aliphatic heterocycles. The lowest BCUT2D eigenvalue weighted by molar-refractivity contribution is 0.620. The number of anilines is 1. The second-order valence-corrected chi connectivity index (χ2v) is 5.80. The molecule has 1 unspecified atom stereocenters. The Morgan fingerprint density at radius 1 is 1.00 bits per heavy atom. The van der Waals surface area contributed by atoms with Crippen molar-refractivity contribution < 1.29 is 4.42 Å². The molecule has 23 heavy (non-hydrogen) atoms. The van der Waals surface area contributed by atoms with Crippen molar-refractivity contribution in [3.8, 4) is 11.5 Å². The molecule has 1 atom stereocenters. The van der Waals surface area contributed by atoms with E-state index >= 15 is 0 Å². The highest BCUT2D eigenvalue weighted by molar-refractivity contribution is 5.76. The number of hydrogen-bond acceptors (Lipinski definition) is 3. The third-order valence-electron chi connectivity index (χ3n) is 4.21. The van der Waals surface area contributed by atoms with Gasteiger partial charge >= 0.3 is 0 Å². The molecule has 0 spiro atoms. The van der Waals surface area contributed by atoms with Gasteiger partial charge in [0.1, 0.15) is 5.52 Å². The first-order chi connectivity index (χ1) is 11.4. The third kappa shape index (κ3) is 2.18. The van der Waals surface area contributed by atoms with E-state index in [0.717, 1.165) is 22.4 Å². The van der Waals surface area contributed by atoms with Gasteiger partial charge in [-0.25, -0.2) is 4.98 Å². The number of benzene rings is 2. The quantitative estimate of drug-likeness (QED) is 0.746. The monoisotopic (exact) mass is 298 g/mol. The van der Waals surface area contributed by atoms with Gasteiger partial charge in [-0.15, -0.1) is 0 Å². The molecular formula is C20H14N2O. The molecule has 0 fully saturated rings. The maximum absolute atomic E-state index is 5.81. The van der Waals surface area contributed by atoms with Gasteiger partial charge in [-0.3, -0.25) is 0 Å². The number of para-hydroxylation sites is 2. The van der Waals surface area contributed by atoms with Gasteiger partial charge < -0.3 is 9.73 Å². The predicted octanol–water partition coefficient (Wildman–Crippen LogP) is 4.92. The van der Waals surface area contributed by atoms with Gasteiger partial charge in [0.2, 0.25) is 5.89 Å². The number of fused-ring (bicyclic) bond motifs is 2. The van der Waals surface area contributed by atoms with Crippen molar-refractivity contribution in [1.82, 2.24) is 4.98 Å². The molecule has 2 aromatic carbocycles. The molecule has 0 radical (unpaired) electrons. The smallest absolute Gasteiger partial charge is 0.227 e. The summed E-state index contributed by atoms with van der Waals surface area (Å²) in [6, 6.07) is 16.0. The Morgan fingerprint density at radius 3 is 2.74 bits per heavy atom. The molecule has 0 bridgehead atoms. The summed E-state index contributed by atoms with van der Waals surface area (Å²) in [5.41, 5.74) is 6.32. The summed E-state index contributed by atoms with van der Waals surface area (Å²) in [4.78, 5) is 4.53. The van der Waals surface area contributed by atoms with E-state index in [-0.39, 0.29) is 0 Å². The van der Waals surface area contributed by atoms with Crippen LogP contribution in [0, 0.1) is 5.92 Å². The lowest BCUT2D eigenvalue weighted by Crippen LogP contribution is -2.01. The molecule has 2 aliphatic rings. The second-order valence-electron chi connectivity index (χ2n) is 5.80. The Bertz CT molecular complexity index is 957. The van der Waals surface area contributed by atoms with E-state index in [1.54, 1.807) is 0 Å². The molecule has 1 aromatic heterocycles. The van der Waals surface area contributed by atoms with Crippen molar-refractivity contribution >= 4 is 16.8 Å². The van der Waals surface area contributed by atoms with Crippen LogP contribution in [0.15, 0.2) is 88.5 Å². The van der Waals surface area contributed by atoms with Crippen LogP contribution in [0.2, 0.25) is 0 Å². The summed E-state index contributed by atoms with van der Waals surface area (Å²) >= 11 is 0. The van der Waals surface area contributed by atoms with Gasteiger partial charge in [-0.2, -0.15) is 0 Å². The van der Waals surface area contributed by atoms with Crippen LogP contribution in [0.1, 0.15) is 0 Å². The topological polar surface area (TPSA) is 38.1 Å². The van der Waals surface area contributed by atoms with Gasteiger partial charge in [0.05, 0.1) is 0 Å². The number of nitrogens with one attached hydrogen (secondary N) is 1. The summed E-state index contributed by atoms with van der Waals surface area (Å²) in [7, 11) is 0. The van der Waals surface area contributed by atoms with Crippen molar-refractivity contribution in [3.05, 3.63) is 84.1 Å². The summed E-state index contributed by atoms with van der Waals surface area (Å²) in [6.07, 6.45) is 8.68. The van der Waals surface area contributed by atoms with Crippen molar-refractivity contribution in [2.75, 3.05) is 5.32 Å². The van der Waals surface area contributed by atoms with Crippen LogP contribution in [0.3, 0.4) is 0 Å². The summed E-state index contributed by atoms with van der Waals surface area (Å²) in [6.45, 7) is 0. The van der Waals surface area contributed by atoms with Crippen LogP contribution in [-0.2, 0) is 0 Å². The minimum Gasteiger partial charge on any atom is -0.436 e. The molecule has 1 heterocycles. The van der Waals surface area contributed by atoms with Crippen LogP contribution in [0.5, 0.6) is 0 Å². The fourth-order valence-corrected chi connectivity index (χ4v) is 2.90. The first-order valence-corrected chi connectivity index (χ1v) is 7.70. The Hall–Kier alpha value is -3.07. The molecule has 3 nitrogen and oxygen atoms in total. The standard InChI is InChI=1S/C20H14N2O/c1-2-7-19-18(5-1)22-20(23-19)13-8-10-15(11-9-13)21-17-6-3-4-14-12-16(14)17/h1-12,14,21H. The van der Waals surface area contributed by atoms with E-state index in [9.17, 15) is 0 Å². The van der Waals surface area contributed by atoms with Crippen molar-refractivity contribution in [3.63, 3.8) is 0 Å². The Morgan fingerprint density at radius 2 is 1.87 bits per heavy atom. The highest BCUT2D eigenvalue weighted by Gasteiger charge is 2.27. The molecule has 1 N–H and O–H groups in total. The SMILES string of the molecule is C1=CC2C=C2C(Nc2ccc(-c3nc4ccccc4o3)cc2)=C1. The van der Waals surface area contributed by atoms with E-state index in [0.29, 0.717) is 11.8 Å². The van der Waals surface area contributed by atoms with Crippen molar-refractivity contribution in [1.29, 1.82) is 0 Å². The molecule has 0 saturated carbocycles. The van der Waals surface area contributed by atoms with Gasteiger partial charge in [-0.05, 0) is 48.0 Å². The van der Waals surface area contributed by atoms with Crippen LogP contribution in [0.25, 0.3) is 22.6 Å². The minimum atomic E-state index is 0.543. The van der Waals surface area contributed by atoms with Gasteiger partial charge in [0, 0.05) is 22.9 Å². The van der Waals surface area contributed by atoms with Gasteiger partial charge in [0.25, 0.3) is 0 Å². The van der Waals surface area contributed by atoms with Crippen LogP contribution in [-0.4, -0.2) is 4.98 Å². The zero-order valence-corrected chi connectivity index (χ0v) is 12.4. The molecule has 0 amide bonds. The third-order valence-corrected chi connectivity index (χ3v) is 4.21. The Labute approximate surface area is 133 Å². The van der Waals surface area contributed by atoms with E-state index < -0.39 is 0 Å². The molecule has 5 rings (SSSR count). The van der Waals surface area contributed by atoms with Crippen LogP contribution < -0.4 is 5.32 Å². The molecular weight excluding hydrogens is 284 g/mol. The van der Waals surface area contributed by atoms with E-state index in [1.165, 1.54) is 11.3 Å². The molecule has 0 saturated heterocycles. The average molecular weight is 298 g/mol. The number of aromatic nitrogens is 1. The lowest BCUT2D eigenvalue weighted by Gasteiger charge is -2.11. The maximum Gasteiger partial charge on any atom is 0.227 e. The van der Waals surface area contributed by atoms with E-state index in [1.807, 2.05) is 36.4 Å². The molecule has 3 aromatic rings. The second kappa shape index (κ2) is 4.71. The fourth-order valence-electron chi connectivity index (χ4n) is 2.90. The Kier molecular flexibility index (Phi) is 2.56. The molecule has 110 valence electrons. The highest BCUT2D eigenvalue weighted by Crippen LogP contribution is 2.39. The van der Waals surface area contributed by atoms with E-state index in [4.69, 9.17) is 4.42 Å². The zero-order valence-electron chi connectivity index (χ0n) is 12.4. The predicted molar refractivity (Wildman–Crippen MR) is 91.9 cm³/mol. The fraction of sp³-hybridized carbons (Fsp3) is 0.0500. The Balaban J connectivity index is 1.41. The number of rotatable bonds is 3. The number of oxazole rings is 1. The normalized spacial score (nSPS) is 18.3. The highest BCUT2D eigenvalue weighted by atomic mass is 16.3. The maximum atomic E-state index is 5.81. The number of allylic oxidation sites excluding steroid dienone is 5. The lowest BCUT2D eigenvalue weighted by atomic mass is 10.1. The zero-order chi connectivity index (χ0) is 15.2. The average Bonchev–Trinajstić information content (AvgIpc) is 3.26. The van der Waals surface area contributed by atoms with Crippen molar-refractivity contribution in [2.24, 2.45) is 5.92 Å². The van der Waals surface area contributed by atoms with Gasteiger partial charge in [-0.1, -0.05) is 30.4 Å².